The molecule has 0 unspecified atom stereocenters. The molecule has 0 radical (unpaired) electrons. The van der Waals surface area contributed by atoms with Gasteiger partial charge in [0.1, 0.15) is 5.75 Å². The van der Waals surface area contributed by atoms with E-state index in [1.165, 1.54) is 0 Å². The van der Waals surface area contributed by atoms with Crippen LogP contribution in [0, 0.1) is 0 Å². The van der Waals surface area contributed by atoms with E-state index in [9.17, 15) is 0 Å². The van der Waals surface area contributed by atoms with Crippen LogP contribution < -0.4 is 4.43 Å². The van der Waals surface area contributed by atoms with Crippen molar-refractivity contribution in [2.75, 3.05) is 0 Å². The Bertz CT molecular complexity index is 259. The Balaban J connectivity index is 2.73. The van der Waals surface area contributed by atoms with Crippen LogP contribution in [0.15, 0.2) is 16.8 Å². The fourth-order valence-electron chi connectivity index (χ4n) is 0.758. The molecule has 0 fully saturated rings. The highest BCUT2D eigenvalue weighted by Crippen LogP contribution is 2.37. The van der Waals surface area contributed by atoms with Gasteiger partial charge in [0.2, 0.25) is 0 Å². The largest absolute Gasteiger partial charge is 0.543 e. The maximum Gasteiger partial charge on any atom is 0.250 e. The Labute approximate surface area is 85.9 Å². The lowest BCUT2D eigenvalue weighted by Crippen LogP contribution is -2.43. The number of thiophene rings is 1. The minimum Gasteiger partial charge on any atom is -0.543 e. The zero-order chi connectivity index (χ0) is 10.1. The van der Waals surface area contributed by atoms with Crippen molar-refractivity contribution in [3.05, 3.63) is 16.8 Å². The molecule has 0 aliphatic carbocycles. The average Bonchev–Trinajstić information content (AvgIpc) is 2.35. The molecule has 0 aliphatic rings. The fraction of sp³-hybridized carbons (Fsp3) is 0.600. The van der Waals surface area contributed by atoms with E-state index in [-0.39, 0.29) is 5.04 Å². The monoisotopic (exact) mass is 214 g/mol. The molecule has 1 aromatic heterocycles. The lowest BCUT2D eigenvalue weighted by atomic mass is 10.2. The van der Waals surface area contributed by atoms with E-state index in [1.54, 1.807) is 11.3 Å². The van der Waals surface area contributed by atoms with Crippen molar-refractivity contribution in [2.24, 2.45) is 0 Å². The first kappa shape index (κ1) is 10.8. The van der Waals surface area contributed by atoms with Gasteiger partial charge in [0.15, 0.2) is 0 Å². The standard InChI is InChI=1S/C10H18OSSi/c1-10(2,3)13(4,5)11-9-6-7-12-8-9/h6-8H,1-5H3. The van der Waals surface area contributed by atoms with Gasteiger partial charge in [-0.2, -0.15) is 0 Å². The third kappa shape index (κ3) is 2.58. The molecule has 0 saturated heterocycles. The van der Waals surface area contributed by atoms with E-state index in [2.05, 4.69) is 44.6 Å². The Morgan fingerprint density at radius 3 is 2.31 bits per heavy atom. The Hall–Kier alpha value is -0.283. The summed E-state index contributed by atoms with van der Waals surface area (Å²) in [7, 11) is -1.60. The summed E-state index contributed by atoms with van der Waals surface area (Å²) in [4.78, 5) is 0. The zero-order valence-electron chi connectivity index (χ0n) is 9.05. The first-order valence-electron chi connectivity index (χ1n) is 4.54. The van der Waals surface area contributed by atoms with Crippen molar-refractivity contribution in [3.8, 4) is 5.75 Å². The van der Waals surface area contributed by atoms with E-state index in [4.69, 9.17) is 4.43 Å². The highest BCUT2D eigenvalue weighted by atomic mass is 32.1. The second-order valence-corrected chi connectivity index (χ2v) is 10.3. The molecule has 0 bridgehead atoms. The van der Waals surface area contributed by atoms with Crippen LogP contribution in [0.2, 0.25) is 18.1 Å². The van der Waals surface area contributed by atoms with E-state index >= 15 is 0 Å². The summed E-state index contributed by atoms with van der Waals surface area (Å²) < 4.78 is 6.06. The van der Waals surface area contributed by atoms with Crippen LogP contribution >= 0.6 is 11.3 Å². The van der Waals surface area contributed by atoms with Gasteiger partial charge in [0, 0.05) is 5.38 Å². The topological polar surface area (TPSA) is 9.23 Å². The summed E-state index contributed by atoms with van der Waals surface area (Å²) in [6.45, 7) is 11.3. The summed E-state index contributed by atoms with van der Waals surface area (Å²) in [6, 6.07) is 2.05. The van der Waals surface area contributed by atoms with Crippen LogP contribution in [-0.4, -0.2) is 8.32 Å². The van der Waals surface area contributed by atoms with Crippen LogP contribution in [-0.2, 0) is 0 Å². The first-order chi connectivity index (χ1) is 5.83. The van der Waals surface area contributed by atoms with Crippen LogP contribution in [0.1, 0.15) is 20.8 Å². The average molecular weight is 214 g/mol. The second-order valence-electron chi connectivity index (χ2n) is 4.82. The summed E-state index contributed by atoms with van der Waals surface area (Å²) in [6.07, 6.45) is 0. The summed E-state index contributed by atoms with van der Waals surface area (Å²) in [5.41, 5.74) is 0. The highest BCUT2D eigenvalue weighted by Gasteiger charge is 2.38. The molecule has 74 valence electrons. The van der Waals surface area contributed by atoms with E-state index in [1.807, 2.05) is 6.07 Å². The Kier molecular flexibility index (Phi) is 2.87. The molecule has 1 rings (SSSR count). The molecule has 1 heterocycles. The molecule has 0 spiro atoms. The van der Waals surface area contributed by atoms with Crippen molar-refractivity contribution in [1.82, 2.24) is 0 Å². The van der Waals surface area contributed by atoms with Crippen LogP contribution in [0.25, 0.3) is 0 Å². The predicted molar refractivity (Wildman–Crippen MR) is 62.1 cm³/mol. The molecule has 0 atom stereocenters. The molecule has 13 heavy (non-hydrogen) atoms. The van der Waals surface area contributed by atoms with Gasteiger partial charge in [-0.05, 0) is 29.6 Å². The van der Waals surface area contributed by atoms with Gasteiger partial charge < -0.3 is 4.43 Å². The van der Waals surface area contributed by atoms with Crippen molar-refractivity contribution in [3.63, 3.8) is 0 Å². The van der Waals surface area contributed by atoms with Crippen molar-refractivity contribution in [1.29, 1.82) is 0 Å². The lowest BCUT2D eigenvalue weighted by molar-refractivity contribution is 0.494. The van der Waals surface area contributed by atoms with E-state index in [0.717, 1.165) is 5.75 Å². The number of rotatable bonds is 2. The quantitative estimate of drug-likeness (QED) is 0.673. The lowest BCUT2D eigenvalue weighted by Gasteiger charge is -2.36. The highest BCUT2D eigenvalue weighted by molar-refractivity contribution is 7.08. The van der Waals surface area contributed by atoms with Crippen LogP contribution in [0.3, 0.4) is 0 Å². The fourth-order valence-corrected chi connectivity index (χ4v) is 2.42. The summed E-state index contributed by atoms with van der Waals surface area (Å²) in [5.74, 6) is 1.04. The normalized spacial score (nSPS) is 13.0. The zero-order valence-corrected chi connectivity index (χ0v) is 10.9. The van der Waals surface area contributed by atoms with Gasteiger partial charge >= 0.3 is 0 Å². The van der Waals surface area contributed by atoms with Gasteiger partial charge in [-0.25, -0.2) is 0 Å². The van der Waals surface area contributed by atoms with E-state index < -0.39 is 8.32 Å². The van der Waals surface area contributed by atoms with Gasteiger partial charge in [0.05, 0.1) is 0 Å². The van der Waals surface area contributed by atoms with Gasteiger partial charge in [-0.15, -0.1) is 11.3 Å². The SMILES string of the molecule is CC(C)(C)[Si](C)(C)Oc1ccsc1. The van der Waals surface area contributed by atoms with Gasteiger partial charge in [0.25, 0.3) is 8.32 Å². The van der Waals surface area contributed by atoms with Crippen molar-refractivity contribution >= 4 is 19.7 Å². The second kappa shape index (κ2) is 3.46. The molecule has 0 amide bonds. The smallest absolute Gasteiger partial charge is 0.250 e. The summed E-state index contributed by atoms with van der Waals surface area (Å²) in [5, 5.41) is 4.41. The summed E-state index contributed by atoms with van der Waals surface area (Å²) >= 11 is 1.69. The first-order valence-corrected chi connectivity index (χ1v) is 8.39. The van der Waals surface area contributed by atoms with Crippen LogP contribution in [0.5, 0.6) is 5.75 Å². The molecule has 1 aromatic rings. The van der Waals surface area contributed by atoms with Crippen molar-refractivity contribution < 1.29 is 4.43 Å². The molecule has 1 nitrogen and oxygen atoms in total. The number of hydrogen-bond donors (Lipinski definition) is 0. The molecule has 0 aliphatic heterocycles. The molecule has 0 saturated carbocycles. The van der Waals surface area contributed by atoms with Crippen molar-refractivity contribution in [2.45, 2.75) is 38.9 Å². The van der Waals surface area contributed by atoms with Gasteiger partial charge in [-0.3, -0.25) is 0 Å². The third-order valence-corrected chi connectivity index (χ3v) is 7.69. The molecular weight excluding hydrogens is 196 g/mol. The van der Waals surface area contributed by atoms with Gasteiger partial charge in [-0.1, -0.05) is 20.8 Å². The maximum absolute atomic E-state index is 6.06. The Morgan fingerprint density at radius 2 is 1.92 bits per heavy atom. The molecule has 0 aromatic carbocycles. The maximum atomic E-state index is 6.06. The molecule has 0 N–H and O–H groups in total. The third-order valence-electron chi connectivity index (χ3n) is 2.67. The minimum absolute atomic E-state index is 0.287. The molecule has 3 heteroatoms. The predicted octanol–water partition coefficient (Wildman–Crippen LogP) is 4.13. The number of hydrogen-bond acceptors (Lipinski definition) is 2. The Morgan fingerprint density at radius 1 is 1.31 bits per heavy atom. The van der Waals surface area contributed by atoms with E-state index in [0.29, 0.717) is 0 Å². The molecular formula is C10H18OSSi. The minimum atomic E-state index is -1.60. The van der Waals surface area contributed by atoms with Crippen LogP contribution in [0.4, 0.5) is 0 Å².